The van der Waals surface area contributed by atoms with Crippen LogP contribution in [0.5, 0.6) is 5.75 Å². The molecule has 0 amide bonds. The number of nitrogens with one attached hydrogen (secondary N) is 1. The summed E-state index contributed by atoms with van der Waals surface area (Å²) in [6, 6.07) is 20.2. The molecule has 1 aromatic heterocycles. The Balaban J connectivity index is 1.78. The van der Waals surface area contributed by atoms with Crippen molar-refractivity contribution < 1.29 is 17.6 Å². The number of aromatic nitrogens is 1. The SMILES string of the molecule is CCOc1ccc(Nc2oc(-c3ccc(Cl)cc3)nc2S(=O)(=O)c2ccc(Br)cc2)cc1. The number of benzene rings is 3. The number of halogens is 2. The van der Waals surface area contributed by atoms with Crippen molar-refractivity contribution in [2.75, 3.05) is 11.9 Å². The number of rotatable bonds is 7. The number of nitrogens with zero attached hydrogens (tertiary/aromatic N) is 1. The molecule has 32 heavy (non-hydrogen) atoms. The summed E-state index contributed by atoms with van der Waals surface area (Å²) in [5, 5.41) is 3.37. The van der Waals surface area contributed by atoms with Gasteiger partial charge in [-0.1, -0.05) is 27.5 Å². The molecule has 0 atom stereocenters. The molecule has 0 aliphatic carbocycles. The van der Waals surface area contributed by atoms with Gasteiger partial charge in [-0.15, -0.1) is 0 Å². The van der Waals surface area contributed by atoms with E-state index < -0.39 is 9.84 Å². The summed E-state index contributed by atoms with van der Waals surface area (Å²) >= 11 is 9.29. The van der Waals surface area contributed by atoms with Gasteiger partial charge in [0.2, 0.25) is 26.6 Å². The summed E-state index contributed by atoms with van der Waals surface area (Å²) in [4.78, 5) is 4.43. The lowest BCUT2D eigenvalue weighted by molar-refractivity contribution is 0.340. The van der Waals surface area contributed by atoms with Gasteiger partial charge in [0.05, 0.1) is 11.5 Å². The predicted octanol–water partition coefficient (Wildman–Crippen LogP) is 6.73. The van der Waals surface area contributed by atoms with Crippen LogP contribution in [0.4, 0.5) is 11.6 Å². The molecule has 4 rings (SSSR count). The summed E-state index contributed by atoms with van der Waals surface area (Å²) < 4.78 is 38.8. The Bertz CT molecular complexity index is 1320. The smallest absolute Gasteiger partial charge is 0.238 e. The van der Waals surface area contributed by atoms with E-state index in [-0.39, 0.29) is 21.7 Å². The third-order valence-electron chi connectivity index (χ3n) is 4.49. The van der Waals surface area contributed by atoms with Crippen LogP contribution in [0.15, 0.2) is 91.6 Å². The normalized spacial score (nSPS) is 11.3. The second-order valence-corrected chi connectivity index (χ2v) is 9.92. The fourth-order valence-corrected chi connectivity index (χ4v) is 4.59. The number of ether oxygens (including phenoxy) is 1. The Hall–Kier alpha value is -2.81. The van der Waals surface area contributed by atoms with Crippen LogP contribution >= 0.6 is 27.5 Å². The summed E-state index contributed by atoms with van der Waals surface area (Å²) in [7, 11) is -3.96. The third-order valence-corrected chi connectivity index (χ3v) is 6.95. The van der Waals surface area contributed by atoms with Crippen molar-refractivity contribution in [3.05, 3.63) is 82.3 Å². The van der Waals surface area contributed by atoms with Gasteiger partial charge >= 0.3 is 0 Å². The minimum atomic E-state index is -3.96. The van der Waals surface area contributed by atoms with Crippen molar-refractivity contribution in [2.45, 2.75) is 16.8 Å². The third kappa shape index (κ3) is 4.82. The molecule has 0 fully saturated rings. The van der Waals surface area contributed by atoms with Crippen molar-refractivity contribution in [2.24, 2.45) is 0 Å². The lowest BCUT2D eigenvalue weighted by atomic mass is 10.2. The molecular weight excluding hydrogens is 516 g/mol. The maximum Gasteiger partial charge on any atom is 0.238 e. The van der Waals surface area contributed by atoms with Crippen LogP contribution in [0.3, 0.4) is 0 Å². The molecule has 1 heterocycles. The van der Waals surface area contributed by atoms with Crippen molar-refractivity contribution in [3.8, 4) is 17.2 Å². The van der Waals surface area contributed by atoms with Crippen LogP contribution in [-0.2, 0) is 9.84 Å². The van der Waals surface area contributed by atoms with Gasteiger partial charge in [-0.25, -0.2) is 8.42 Å². The van der Waals surface area contributed by atoms with E-state index in [1.807, 2.05) is 6.92 Å². The van der Waals surface area contributed by atoms with Gasteiger partial charge < -0.3 is 14.5 Å². The fourth-order valence-electron chi connectivity index (χ4n) is 2.94. The summed E-state index contributed by atoms with van der Waals surface area (Å²) in [6.45, 7) is 2.45. The monoisotopic (exact) mass is 532 g/mol. The molecule has 164 valence electrons. The second kappa shape index (κ2) is 9.36. The molecule has 0 aliphatic heterocycles. The molecule has 0 saturated heterocycles. The number of hydrogen-bond acceptors (Lipinski definition) is 6. The Morgan fingerprint density at radius 2 is 1.66 bits per heavy atom. The number of sulfone groups is 1. The first-order chi connectivity index (χ1) is 15.4. The van der Waals surface area contributed by atoms with Gasteiger partial charge in [0.25, 0.3) is 0 Å². The lowest BCUT2D eigenvalue weighted by Gasteiger charge is -2.08. The van der Waals surface area contributed by atoms with Crippen molar-refractivity contribution in [1.82, 2.24) is 4.98 Å². The Morgan fingerprint density at radius 1 is 1.00 bits per heavy atom. The van der Waals surface area contributed by atoms with Crippen LogP contribution in [0, 0.1) is 0 Å². The molecule has 0 unspecified atom stereocenters. The molecule has 0 bridgehead atoms. The fraction of sp³-hybridized carbons (Fsp3) is 0.0870. The first-order valence-electron chi connectivity index (χ1n) is 9.64. The molecule has 0 radical (unpaired) electrons. The minimum Gasteiger partial charge on any atom is -0.494 e. The van der Waals surface area contributed by atoms with Crippen LogP contribution in [-0.4, -0.2) is 20.0 Å². The van der Waals surface area contributed by atoms with E-state index in [9.17, 15) is 8.42 Å². The zero-order valence-electron chi connectivity index (χ0n) is 16.9. The molecule has 0 spiro atoms. The molecule has 9 heteroatoms. The van der Waals surface area contributed by atoms with E-state index in [1.165, 1.54) is 12.1 Å². The average molecular weight is 534 g/mol. The topological polar surface area (TPSA) is 81.4 Å². The summed E-state index contributed by atoms with van der Waals surface area (Å²) in [6.07, 6.45) is 0. The largest absolute Gasteiger partial charge is 0.494 e. The average Bonchev–Trinajstić information content (AvgIpc) is 3.21. The molecule has 1 N–H and O–H groups in total. The van der Waals surface area contributed by atoms with E-state index in [1.54, 1.807) is 60.7 Å². The maximum absolute atomic E-state index is 13.4. The standard InChI is InChI=1S/C23H18BrClN2O4S/c1-2-30-19-11-9-18(10-12-19)26-22-23(32(28,29)20-13-5-16(24)6-14-20)27-21(31-22)15-3-7-17(25)8-4-15/h3-14,26H,2H2,1H3. The van der Waals surface area contributed by atoms with Crippen LogP contribution in [0.2, 0.25) is 5.02 Å². The van der Waals surface area contributed by atoms with Crippen LogP contribution in [0.25, 0.3) is 11.5 Å². The van der Waals surface area contributed by atoms with Crippen LogP contribution < -0.4 is 10.1 Å². The van der Waals surface area contributed by atoms with E-state index >= 15 is 0 Å². The van der Waals surface area contributed by atoms with Crippen molar-refractivity contribution in [1.29, 1.82) is 0 Å². The van der Waals surface area contributed by atoms with Gasteiger partial charge in [0.15, 0.2) is 0 Å². The van der Waals surface area contributed by atoms with Gasteiger partial charge in [-0.2, -0.15) is 4.98 Å². The first-order valence-corrected chi connectivity index (χ1v) is 12.3. The van der Waals surface area contributed by atoms with E-state index in [2.05, 4.69) is 26.2 Å². The second-order valence-electron chi connectivity index (χ2n) is 6.70. The lowest BCUT2D eigenvalue weighted by Crippen LogP contribution is -2.05. The van der Waals surface area contributed by atoms with E-state index in [4.69, 9.17) is 20.8 Å². The Labute approximate surface area is 199 Å². The zero-order valence-corrected chi connectivity index (χ0v) is 20.0. The highest BCUT2D eigenvalue weighted by Crippen LogP contribution is 2.35. The number of anilines is 2. The Morgan fingerprint density at radius 3 is 2.28 bits per heavy atom. The van der Waals surface area contributed by atoms with Gasteiger partial charge in [0, 0.05) is 20.7 Å². The molecule has 0 saturated carbocycles. The quantitative estimate of drug-likeness (QED) is 0.284. The zero-order chi connectivity index (χ0) is 22.7. The predicted molar refractivity (Wildman–Crippen MR) is 127 cm³/mol. The first kappa shape index (κ1) is 22.4. The van der Waals surface area contributed by atoms with Crippen molar-refractivity contribution in [3.63, 3.8) is 0 Å². The molecule has 3 aromatic carbocycles. The highest BCUT2D eigenvalue weighted by molar-refractivity contribution is 9.10. The van der Waals surface area contributed by atoms with Gasteiger partial charge in [0.1, 0.15) is 5.75 Å². The number of hydrogen-bond donors (Lipinski definition) is 1. The van der Waals surface area contributed by atoms with E-state index in [0.29, 0.717) is 28.6 Å². The molecule has 6 nitrogen and oxygen atoms in total. The summed E-state index contributed by atoms with van der Waals surface area (Å²) in [5.74, 6) is 0.882. The molecular formula is C23H18BrClN2O4S. The van der Waals surface area contributed by atoms with Crippen molar-refractivity contribution >= 4 is 48.9 Å². The summed E-state index contributed by atoms with van der Waals surface area (Å²) in [5.41, 5.74) is 1.22. The molecule has 0 aliphatic rings. The highest BCUT2D eigenvalue weighted by Gasteiger charge is 2.28. The number of oxazole rings is 1. The Kier molecular flexibility index (Phi) is 6.55. The molecule has 4 aromatic rings. The minimum absolute atomic E-state index is 0.0158. The van der Waals surface area contributed by atoms with Gasteiger partial charge in [-0.05, 0) is 79.7 Å². The maximum atomic E-state index is 13.4. The van der Waals surface area contributed by atoms with Gasteiger partial charge in [-0.3, -0.25) is 0 Å². The highest BCUT2D eigenvalue weighted by atomic mass is 79.9. The van der Waals surface area contributed by atoms with Crippen LogP contribution in [0.1, 0.15) is 6.92 Å². The van der Waals surface area contributed by atoms with E-state index in [0.717, 1.165) is 4.47 Å².